The molecule has 0 aliphatic rings. The predicted molar refractivity (Wildman–Crippen MR) is 173 cm³/mol. The quantitative estimate of drug-likeness (QED) is 0.170. The Bertz CT molecular complexity index is 1600. The molecule has 9 heteroatoms. The monoisotopic (exact) mass is 585 g/mol. The van der Waals surface area contributed by atoms with Crippen molar-refractivity contribution in [2.75, 3.05) is 17.7 Å². The number of anilines is 2. The highest BCUT2D eigenvalue weighted by Gasteiger charge is 2.22. The molecule has 3 N–H and O–H groups in total. The molecule has 0 unspecified atom stereocenters. The lowest BCUT2D eigenvalue weighted by atomic mass is 9.85. The van der Waals surface area contributed by atoms with Crippen molar-refractivity contribution >= 4 is 17.4 Å². The number of methoxy groups -OCH3 is 1. The van der Waals surface area contributed by atoms with Crippen molar-refractivity contribution in [2.45, 2.75) is 78.9 Å². The van der Waals surface area contributed by atoms with Crippen LogP contribution in [0.15, 0.2) is 65.7 Å². The van der Waals surface area contributed by atoms with Gasteiger partial charge in [-0.15, -0.1) is 0 Å². The number of benzene rings is 2. The van der Waals surface area contributed by atoms with Crippen LogP contribution in [-0.4, -0.2) is 34.0 Å². The minimum atomic E-state index is -0.511. The first-order valence-corrected chi connectivity index (χ1v) is 14.8. The Morgan fingerprint density at radius 2 is 1.84 bits per heavy atom. The van der Waals surface area contributed by atoms with Crippen LogP contribution in [0.2, 0.25) is 0 Å². The number of unbranched alkanes of at least 4 members (excludes halogenated alkanes) is 1. The van der Waals surface area contributed by atoms with E-state index in [2.05, 4.69) is 54.6 Å². The Balaban J connectivity index is 1.76. The van der Waals surface area contributed by atoms with Crippen molar-refractivity contribution in [3.8, 4) is 22.6 Å². The number of nitrogens with zero attached hydrogens (tertiary/aromatic N) is 2. The summed E-state index contributed by atoms with van der Waals surface area (Å²) in [5, 5.41) is 13.1. The molecule has 4 rings (SSSR count). The molecule has 2 aromatic heterocycles. The number of urea groups is 1. The highest BCUT2D eigenvalue weighted by molar-refractivity contribution is 6.03. The van der Waals surface area contributed by atoms with Crippen molar-refractivity contribution in [1.82, 2.24) is 14.8 Å². The van der Waals surface area contributed by atoms with E-state index < -0.39 is 6.03 Å². The van der Waals surface area contributed by atoms with Gasteiger partial charge in [0.1, 0.15) is 17.2 Å². The zero-order valence-corrected chi connectivity index (χ0v) is 26.2. The second-order valence-electron chi connectivity index (χ2n) is 11.9. The molecular formula is C34H43N5O4. The number of ether oxygens (including phenoxy) is 2. The van der Waals surface area contributed by atoms with Gasteiger partial charge in [0, 0.05) is 42.2 Å². The normalized spacial score (nSPS) is 11.4. The van der Waals surface area contributed by atoms with E-state index in [1.54, 1.807) is 24.1 Å². The van der Waals surface area contributed by atoms with Crippen LogP contribution in [0.3, 0.4) is 0 Å². The lowest BCUT2D eigenvalue weighted by Crippen LogP contribution is -2.29. The molecule has 0 fully saturated rings. The molecule has 0 atom stereocenters. The fourth-order valence-corrected chi connectivity index (χ4v) is 4.95. The van der Waals surface area contributed by atoms with Gasteiger partial charge in [0.2, 0.25) is 0 Å². The maximum atomic E-state index is 13.8. The van der Waals surface area contributed by atoms with Gasteiger partial charge in [0.15, 0.2) is 0 Å². The fraction of sp³-hybridized carbons (Fsp3) is 0.382. The summed E-state index contributed by atoms with van der Waals surface area (Å²) in [4.78, 5) is 27.5. The first kappa shape index (κ1) is 31.4. The van der Waals surface area contributed by atoms with Crippen LogP contribution in [0.25, 0.3) is 11.1 Å². The van der Waals surface area contributed by atoms with Gasteiger partial charge >= 0.3 is 6.03 Å². The average molecular weight is 586 g/mol. The number of aromatic amines is 1. The number of hydrogen-bond donors (Lipinski definition) is 3. The number of carbonyl (C=O) groups excluding carboxylic acids is 1. The number of rotatable bonds is 11. The number of aromatic nitrogens is 3. The summed E-state index contributed by atoms with van der Waals surface area (Å²) in [5.41, 5.74) is 4.40. The predicted octanol–water partition coefficient (Wildman–Crippen LogP) is 7.37. The van der Waals surface area contributed by atoms with Crippen LogP contribution >= 0.6 is 0 Å². The van der Waals surface area contributed by atoms with Crippen molar-refractivity contribution in [3.63, 3.8) is 0 Å². The molecule has 2 heterocycles. The van der Waals surface area contributed by atoms with E-state index in [1.807, 2.05) is 56.3 Å². The molecule has 43 heavy (non-hydrogen) atoms. The first-order valence-electron chi connectivity index (χ1n) is 14.8. The largest absolute Gasteiger partial charge is 0.497 e. The number of carbonyl (C=O) groups is 1. The zero-order valence-electron chi connectivity index (χ0n) is 26.2. The maximum absolute atomic E-state index is 13.8. The van der Waals surface area contributed by atoms with Gasteiger partial charge in [-0.3, -0.25) is 9.89 Å². The molecule has 2 aromatic carbocycles. The lowest BCUT2D eigenvalue weighted by Gasteiger charge is -2.24. The second kappa shape index (κ2) is 13.6. The molecule has 0 saturated heterocycles. The summed E-state index contributed by atoms with van der Waals surface area (Å²) < 4.78 is 13.2. The summed E-state index contributed by atoms with van der Waals surface area (Å²) in [5.74, 6) is 1.20. The van der Waals surface area contributed by atoms with E-state index in [1.165, 1.54) is 0 Å². The maximum Gasteiger partial charge on any atom is 0.323 e. The molecule has 2 amide bonds. The highest BCUT2D eigenvalue weighted by Crippen LogP contribution is 2.37. The standard InChI is InChI=1S/C34H43N5O4/c1-8-9-17-39-18-15-26(27-21-25(42-7)11-13-30(27)43-22(2)3)31(32(39)40)37-33(41)36-29-20-23(19-24-14-16-35-38-24)10-12-28(29)34(4,5)6/h10-16,18,20-22H,8-9,17,19H2,1-7H3,(H,35,38)(H2,36,37,41). The minimum absolute atomic E-state index is 0.0960. The molecule has 0 aliphatic heterocycles. The van der Waals surface area contributed by atoms with Gasteiger partial charge in [0.05, 0.1) is 18.9 Å². The van der Waals surface area contributed by atoms with Crippen molar-refractivity contribution < 1.29 is 14.3 Å². The third-order valence-electron chi connectivity index (χ3n) is 7.08. The van der Waals surface area contributed by atoms with E-state index in [0.29, 0.717) is 41.3 Å². The summed E-state index contributed by atoms with van der Waals surface area (Å²) in [6.45, 7) is 12.8. The summed E-state index contributed by atoms with van der Waals surface area (Å²) >= 11 is 0. The molecule has 228 valence electrons. The van der Waals surface area contributed by atoms with Crippen LogP contribution in [-0.2, 0) is 18.4 Å². The van der Waals surface area contributed by atoms with Crippen LogP contribution in [0, 0.1) is 0 Å². The molecular weight excluding hydrogens is 542 g/mol. The Morgan fingerprint density at radius 1 is 1.05 bits per heavy atom. The van der Waals surface area contributed by atoms with Crippen LogP contribution in [0.4, 0.5) is 16.2 Å². The van der Waals surface area contributed by atoms with Gasteiger partial charge in [-0.2, -0.15) is 5.10 Å². The molecule has 0 spiro atoms. The fourth-order valence-electron chi connectivity index (χ4n) is 4.95. The molecule has 9 nitrogen and oxygen atoms in total. The number of amides is 2. The van der Waals surface area contributed by atoms with Gasteiger partial charge in [-0.1, -0.05) is 46.2 Å². The molecule has 0 radical (unpaired) electrons. The molecule has 0 saturated carbocycles. The summed E-state index contributed by atoms with van der Waals surface area (Å²) in [6, 6.07) is 14.8. The van der Waals surface area contributed by atoms with Crippen molar-refractivity contribution in [3.05, 3.63) is 88.1 Å². The SMILES string of the molecule is CCCCn1ccc(-c2cc(OC)ccc2OC(C)C)c(NC(=O)Nc2cc(Cc3cc[nH]n3)ccc2C(C)(C)C)c1=O. The van der Waals surface area contributed by atoms with Crippen LogP contribution in [0.1, 0.15) is 71.2 Å². The number of H-pyrrole nitrogens is 1. The van der Waals surface area contributed by atoms with Crippen LogP contribution < -0.4 is 25.7 Å². The van der Waals surface area contributed by atoms with E-state index in [-0.39, 0.29) is 22.8 Å². The van der Waals surface area contributed by atoms with Crippen molar-refractivity contribution in [2.24, 2.45) is 0 Å². The first-order chi connectivity index (χ1) is 20.5. The van der Waals surface area contributed by atoms with Gasteiger partial charge in [0.25, 0.3) is 5.56 Å². The topological polar surface area (TPSA) is 110 Å². The average Bonchev–Trinajstić information content (AvgIpc) is 3.46. The zero-order chi connectivity index (χ0) is 31.1. The van der Waals surface area contributed by atoms with E-state index >= 15 is 0 Å². The van der Waals surface area contributed by atoms with Gasteiger partial charge in [-0.05, 0) is 73.2 Å². The highest BCUT2D eigenvalue weighted by atomic mass is 16.5. The summed E-state index contributed by atoms with van der Waals surface area (Å²) in [6.07, 6.45) is 5.85. The molecule has 0 bridgehead atoms. The summed E-state index contributed by atoms with van der Waals surface area (Å²) in [7, 11) is 1.59. The number of nitrogens with one attached hydrogen (secondary N) is 3. The molecule has 0 aliphatic carbocycles. The smallest absolute Gasteiger partial charge is 0.323 e. The number of aryl methyl sites for hydroxylation is 1. The Morgan fingerprint density at radius 3 is 2.49 bits per heavy atom. The van der Waals surface area contributed by atoms with Crippen LogP contribution in [0.5, 0.6) is 11.5 Å². The van der Waals surface area contributed by atoms with E-state index in [0.717, 1.165) is 29.7 Å². The third-order valence-corrected chi connectivity index (χ3v) is 7.08. The van der Waals surface area contributed by atoms with E-state index in [4.69, 9.17) is 9.47 Å². The van der Waals surface area contributed by atoms with Crippen molar-refractivity contribution in [1.29, 1.82) is 0 Å². The van der Waals surface area contributed by atoms with Gasteiger partial charge in [-0.25, -0.2) is 4.79 Å². The minimum Gasteiger partial charge on any atom is -0.497 e. The number of pyridine rings is 1. The van der Waals surface area contributed by atoms with Gasteiger partial charge < -0.3 is 24.7 Å². The Hall–Kier alpha value is -4.53. The second-order valence-corrected chi connectivity index (χ2v) is 11.9. The Labute approximate surface area is 253 Å². The lowest BCUT2D eigenvalue weighted by molar-refractivity contribution is 0.243. The third kappa shape index (κ3) is 7.85. The Kier molecular flexibility index (Phi) is 9.95. The van der Waals surface area contributed by atoms with E-state index in [9.17, 15) is 9.59 Å². The number of hydrogen-bond acceptors (Lipinski definition) is 5. The molecule has 4 aromatic rings.